The summed E-state index contributed by atoms with van der Waals surface area (Å²) in [7, 11) is 0. The monoisotopic (exact) mass is 238 g/mol. The fourth-order valence-corrected chi connectivity index (χ4v) is 1.94. The Morgan fingerprint density at radius 3 is 3.06 bits per heavy atom. The third-order valence-electron chi connectivity index (χ3n) is 2.77. The van der Waals surface area contributed by atoms with Crippen LogP contribution in [0.3, 0.4) is 0 Å². The lowest BCUT2D eigenvalue weighted by Gasteiger charge is -2.12. The zero-order valence-electron chi connectivity index (χ0n) is 9.50. The van der Waals surface area contributed by atoms with Crippen molar-refractivity contribution in [2.75, 3.05) is 0 Å². The molecule has 0 amide bonds. The summed E-state index contributed by atoms with van der Waals surface area (Å²) in [6, 6.07) is 0. The molecule has 0 aromatic carbocycles. The molecule has 6 nitrogen and oxygen atoms in total. The Morgan fingerprint density at radius 1 is 1.65 bits per heavy atom. The maximum absolute atomic E-state index is 11.5. The second-order valence-electron chi connectivity index (χ2n) is 4.23. The van der Waals surface area contributed by atoms with Crippen molar-refractivity contribution in [1.29, 1.82) is 0 Å². The standard InChI is InChI=1S/C11H14N2O4/c1-7-4-12-11(16)13(5-7)6-8-2-3-9(17-8)10(14)15/h4-5,8-9H,2-3,6H2,1H3,(H,14,15). The number of ether oxygens (including phenoxy) is 1. The van der Waals surface area contributed by atoms with Crippen LogP contribution in [0.1, 0.15) is 18.4 Å². The van der Waals surface area contributed by atoms with E-state index >= 15 is 0 Å². The van der Waals surface area contributed by atoms with Gasteiger partial charge in [-0.15, -0.1) is 0 Å². The zero-order chi connectivity index (χ0) is 12.4. The van der Waals surface area contributed by atoms with Crippen molar-refractivity contribution in [3.8, 4) is 0 Å². The van der Waals surface area contributed by atoms with E-state index in [1.54, 1.807) is 6.20 Å². The Balaban J connectivity index is 2.05. The average Bonchev–Trinajstić information content (AvgIpc) is 2.72. The topological polar surface area (TPSA) is 81.4 Å². The SMILES string of the molecule is Cc1cnc(=O)n(CC2CCC(C(=O)O)O2)c1. The summed E-state index contributed by atoms with van der Waals surface area (Å²) < 4.78 is 6.80. The van der Waals surface area contributed by atoms with E-state index in [2.05, 4.69) is 4.98 Å². The number of carboxylic acid groups (broad SMARTS) is 1. The molecular formula is C11H14N2O4. The van der Waals surface area contributed by atoms with Crippen molar-refractivity contribution < 1.29 is 14.6 Å². The minimum atomic E-state index is -0.942. The quantitative estimate of drug-likeness (QED) is 0.812. The van der Waals surface area contributed by atoms with E-state index in [0.717, 1.165) is 5.56 Å². The molecule has 1 saturated heterocycles. The molecule has 17 heavy (non-hydrogen) atoms. The molecule has 0 aliphatic carbocycles. The number of aryl methyl sites for hydroxylation is 1. The molecule has 0 radical (unpaired) electrons. The first kappa shape index (κ1) is 11.8. The van der Waals surface area contributed by atoms with Crippen LogP contribution in [-0.2, 0) is 16.1 Å². The van der Waals surface area contributed by atoms with Gasteiger partial charge in [-0.2, -0.15) is 0 Å². The molecule has 1 aliphatic heterocycles. The number of carboxylic acids is 1. The Kier molecular flexibility index (Phi) is 3.23. The Hall–Kier alpha value is -1.69. The summed E-state index contributed by atoms with van der Waals surface area (Å²) in [6.07, 6.45) is 3.39. The number of carbonyl (C=O) groups is 1. The highest BCUT2D eigenvalue weighted by atomic mass is 16.5. The minimum Gasteiger partial charge on any atom is -0.479 e. The van der Waals surface area contributed by atoms with E-state index < -0.39 is 12.1 Å². The predicted octanol–water partition coefficient (Wildman–Crippen LogP) is 0.184. The molecule has 1 N–H and O–H groups in total. The highest BCUT2D eigenvalue weighted by molar-refractivity contribution is 5.72. The first-order valence-corrected chi connectivity index (χ1v) is 5.47. The van der Waals surface area contributed by atoms with E-state index in [1.807, 2.05) is 6.92 Å². The molecule has 0 spiro atoms. The molecular weight excluding hydrogens is 224 g/mol. The van der Waals surface area contributed by atoms with Crippen LogP contribution in [0.15, 0.2) is 17.2 Å². The van der Waals surface area contributed by atoms with Crippen molar-refractivity contribution in [2.24, 2.45) is 0 Å². The van der Waals surface area contributed by atoms with E-state index in [0.29, 0.717) is 19.4 Å². The molecule has 1 aromatic heterocycles. The van der Waals surface area contributed by atoms with Crippen LogP contribution in [0.2, 0.25) is 0 Å². The second kappa shape index (κ2) is 4.67. The highest BCUT2D eigenvalue weighted by Gasteiger charge is 2.30. The lowest BCUT2D eigenvalue weighted by Crippen LogP contribution is -2.29. The Morgan fingerprint density at radius 2 is 2.41 bits per heavy atom. The minimum absolute atomic E-state index is 0.225. The molecule has 92 valence electrons. The Bertz CT molecular complexity index is 483. The largest absolute Gasteiger partial charge is 0.479 e. The molecule has 0 bridgehead atoms. The first-order chi connectivity index (χ1) is 8.06. The molecule has 1 aromatic rings. The van der Waals surface area contributed by atoms with Gasteiger partial charge < -0.3 is 9.84 Å². The number of aliphatic carboxylic acids is 1. The van der Waals surface area contributed by atoms with Gasteiger partial charge in [0.2, 0.25) is 0 Å². The molecule has 1 aliphatic rings. The van der Waals surface area contributed by atoms with Gasteiger partial charge in [-0.1, -0.05) is 0 Å². The van der Waals surface area contributed by atoms with Crippen LogP contribution in [0.25, 0.3) is 0 Å². The van der Waals surface area contributed by atoms with E-state index in [-0.39, 0.29) is 11.8 Å². The van der Waals surface area contributed by atoms with Gasteiger partial charge in [0.15, 0.2) is 6.10 Å². The fourth-order valence-electron chi connectivity index (χ4n) is 1.94. The van der Waals surface area contributed by atoms with Crippen molar-refractivity contribution in [1.82, 2.24) is 9.55 Å². The van der Waals surface area contributed by atoms with E-state index in [9.17, 15) is 9.59 Å². The summed E-state index contributed by atoms with van der Waals surface area (Å²) in [4.78, 5) is 25.9. The van der Waals surface area contributed by atoms with Crippen LogP contribution < -0.4 is 5.69 Å². The summed E-state index contributed by atoms with van der Waals surface area (Å²) in [5, 5.41) is 8.79. The van der Waals surface area contributed by atoms with Crippen LogP contribution in [-0.4, -0.2) is 32.8 Å². The molecule has 1 fully saturated rings. The maximum atomic E-state index is 11.5. The molecule has 2 heterocycles. The molecule has 0 saturated carbocycles. The van der Waals surface area contributed by atoms with Crippen molar-refractivity contribution in [3.63, 3.8) is 0 Å². The van der Waals surface area contributed by atoms with Crippen molar-refractivity contribution in [2.45, 2.75) is 38.5 Å². The number of rotatable bonds is 3. The van der Waals surface area contributed by atoms with E-state index in [4.69, 9.17) is 9.84 Å². The van der Waals surface area contributed by atoms with Gasteiger partial charge in [-0.05, 0) is 25.3 Å². The van der Waals surface area contributed by atoms with Crippen LogP contribution in [0, 0.1) is 6.92 Å². The zero-order valence-corrected chi connectivity index (χ0v) is 9.50. The normalized spacial score (nSPS) is 23.8. The third-order valence-corrected chi connectivity index (χ3v) is 2.77. The first-order valence-electron chi connectivity index (χ1n) is 5.47. The van der Waals surface area contributed by atoms with Gasteiger partial charge in [0.25, 0.3) is 0 Å². The van der Waals surface area contributed by atoms with Crippen LogP contribution >= 0.6 is 0 Å². The smallest absolute Gasteiger partial charge is 0.347 e. The van der Waals surface area contributed by atoms with E-state index in [1.165, 1.54) is 10.8 Å². The van der Waals surface area contributed by atoms with Gasteiger partial charge in [-0.3, -0.25) is 4.57 Å². The second-order valence-corrected chi connectivity index (χ2v) is 4.23. The fraction of sp³-hybridized carbons (Fsp3) is 0.545. The molecule has 2 unspecified atom stereocenters. The summed E-state index contributed by atoms with van der Waals surface area (Å²) in [5.74, 6) is -0.942. The molecule has 6 heteroatoms. The van der Waals surface area contributed by atoms with Gasteiger partial charge in [0.05, 0.1) is 12.6 Å². The van der Waals surface area contributed by atoms with Crippen molar-refractivity contribution in [3.05, 3.63) is 28.4 Å². The Labute approximate surface area is 97.9 Å². The number of hydrogen-bond acceptors (Lipinski definition) is 4. The summed E-state index contributed by atoms with van der Waals surface area (Å²) >= 11 is 0. The maximum Gasteiger partial charge on any atom is 0.347 e. The number of nitrogens with zero attached hydrogens (tertiary/aromatic N) is 2. The molecule has 2 atom stereocenters. The summed E-state index contributed by atoms with van der Waals surface area (Å²) in [5.41, 5.74) is 0.551. The third kappa shape index (κ3) is 2.71. The number of hydrogen-bond donors (Lipinski definition) is 1. The van der Waals surface area contributed by atoms with Crippen molar-refractivity contribution >= 4 is 5.97 Å². The summed E-state index contributed by atoms with van der Waals surface area (Å²) in [6.45, 7) is 2.20. The predicted molar refractivity (Wildman–Crippen MR) is 58.8 cm³/mol. The molecule has 2 rings (SSSR count). The van der Waals surface area contributed by atoms with Gasteiger partial charge in [-0.25, -0.2) is 14.6 Å². The highest BCUT2D eigenvalue weighted by Crippen LogP contribution is 2.20. The lowest BCUT2D eigenvalue weighted by molar-refractivity contribution is -0.149. The van der Waals surface area contributed by atoms with Crippen LogP contribution in [0.5, 0.6) is 0 Å². The van der Waals surface area contributed by atoms with Crippen LogP contribution in [0.4, 0.5) is 0 Å². The van der Waals surface area contributed by atoms with Gasteiger partial charge in [0, 0.05) is 12.4 Å². The lowest BCUT2D eigenvalue weighted by atomic mass is 10.2. The van der Waals surface area contributed by atoms with Gasteiger partial charge in [0.1, 0.15) is 0 Å². The van der Waals surface area contributed by atoms with Gasteiger partial charge >= 0.3 is 11.7 Å². The average molecular weight is 238 g/mol. The number of aromatic nitrogens is 2.